The SMILES string of the molecule is C.C1CCOC1.C=Cc1ccc(-c2ccc3c(c2)c2cc(-c4ccc(N(c5ccc(-c6ccccc6)cc5)c5ccc(-c6ccccc6)cc5)cc4)ccc2n3-c2ccccc2)cc1.C=Cc1ccc(-c2ccc3c(c2)c2cc(Br)ccc2n3-c2ccccc2)cc1.O[B]Oc1ccc(N(c2ccccc2)c2ccc(-c3ccccc3)cc2)cc1. The summed E-state index contributed by atoms with van der Waals surface area (Å²) in [5, 5.41) is 13.8. The predicted octanol–water partition coefficient (Wildman–Crippen LogP) is 30.6. The molecule has 0 aliphatic carbocycles. The molecule has 120 heavy (non-hydrogen) atoms. The number of ether oxygens (including phenoxy) is 1. The van der Waals surface area contributed by atoms with Crippen LogP contribution in [0.5, 0.6) is 5.75 Å². The van der Waals surface area contributed by atoms with Gasteiger partial charge in [0.25, 0.3) is 0 Å². The minimum Gasteiger partial charge on any atom is -0.537 e. The molecule has 1 saturated heterocycles. The highest BCUT2D eigenvalue weighted by Crippen LogP contribution is 2.43. The summed E-state index contributed by atoms with van der Waals surface area (Å²) in [6.45, 7) is 9.77. The highest BCUT2D eigenvalue weighted by Gasteiger charge is 2.20. The second-order valence-electron chi connectivity index (χ2n) is 29.2. The van der Waals surface area contributed by atoms with E-state index in [1.54, 1.807) is 0 Å². The molecular weight excluding hydrogens is 1530 g/mol. The van der Waals surface area contributed by atoms with E-state index in [-0.39, 0.29) is 7.43 Å². The van der Waals surface area contributed by atoms with E-state index in [9.17, 15) is 0 Å². The molecule has 0 saturated carbocycles. The molecule has 0 bridgehead atoms. The second kappa shape index (κ2) is 37.7. The number of anilines is 6. The molecule has 0 atom stereocenters. The third kappa shape index (κ3) is 17.8. The fourth-order valence-corrected chi connectivity index (χ4v) is 16.1. The molecule has 1 fully saturated rings. The number of hydrogen-bond donors (Lipinski definition) is 1. The van der Waals surface area contributed by atoms with E-state index in [1.807, 2.05) is 72.8 Å². The quantitative estimate of drug-likeness (QED) is 0.0868. The Morgan fingerprint density at radius 2 is 0.542 bits per heavy atom. The van der Waals surface area contributed by atoms with Gasteiger partial charge >= 0.3 is 7.69 Å². The van der Waals surface area contributed by atoms with Crippen molar-refractivity contribution in [2.45, 2.75) is 20.3 Å². The normalized spacial score (nSPS) is 11.4. The molecule has 0 amide bonds. The van der Waals surface area contributed by atoms with Crippen molar-refractivity contribution in [1.29, 1.82) is 0 Å². The average molecular weight is 1620 g/mol. The van der Waals surface area contributed by atoms with Crippen LogP contribution in [-0.4, -0.2) is 35.1 Å². The number of nitrogens with zero attached hydrogens (tertiary/aromatic N) is 4. The predicted molar refractivity (Wildman–Crippen MR) is 513 cm³/mol. The zero-order chi connectivity index (χ0) is 80.6. The van der Waals surface area contributed by atoms with Gasteiger partial charge in [0.2, 0.25) is 0 Å². The van der Waals surface area contributed by atoms with Crippen LogP contribution in [0, 0.1) is 0 Å². The van der Waals surface area contributed by atoms with E-state index in [2.05, 4.69) is 412 Å². The van der Waals surface area contributed by atoms with Crippen molar-refractivity contribution < 1.29 is 14.4 Å². The van der Waals surface area contributed by atoms with Crippen molar-refractivity contribution in [3.05, 3.63) is 453 Å². The molecule has 1 aliphatic rings. The van der Waals surface area contributed by atoms with Gasteiger partial charge in [-0.05, 0) is 255 Å². The van der Waals surface area contributed by atoms with Crippen LogP contribution in [0.1, 0.15) is 31.4 Å². The monoisotopic (exact) mass is 1620 g/mol. The van der Waals surface area contributed by atoms with E-state index >= 15 is 0 Å². The van der Waals surface area contributed by atoms with E-state index in [0.717, 1.165) is 68.6 Å². The molecule has 9 heteroatoms. The Morgan fingerprint density at radius 1 is 0.292 bits per heavy atom. The van der Waals surface area contributed by atoms with Gasteiger partial charge in [-0.15, -0.1) is 0 Å². The second-order valence-corrected chi connectivity index (χ2v) is 30.1. The molecule has 581 valence electrons. The maximum atomic E-state index is 8.82. The van der Waals surface area contributed by atoms with Crippen LogP contribution in [-0.2, 0) is 4.74 Å². The first-order valence-corrected chi connectivity index (χ1v) is 41.0. The third-order valence-electron chi connectivity index (χ3n) is 21.8. The Hall–Kier alpha value is -14.3. The van der Waals surface area contributed by atoms with Gasteiger partial charge in [-0.3, -0.25) is 0 Å². The Balaban J connectivity index is 0.000000144. The number of fused-ring (bicyclic) bond motifs is 6. The lowest BCUT2D eigenvalue weighted by atomic mass is 9.99. The van der Waals surface area contributed by atoms with Crippen molar-refractivity contribution in [2.75, 3.05) is 23.0 Å². The van der Waals surface area contributed by atoms with Crippen molar-refractivity contribution >= 4 is 114 Å². The van der Waals surface area contributed by atoms with Gasteiger partial charge < -0.3 is 33.3 Å². The molecule has 17 aromatic carbocycles. The number of rotatable bonds is 18. The fraction of sp³-hybridized carbons (Fsp3) is 0.0450. The number of halogens is 1. The summed E-state index contributed by atoms with van der Waals surface area (Å²) in [7, 11) is 0.687. The minimum absolute atomic E-state index is 0. The Morgan fingerprint density at radius 3 is 0.842 bits per heavy atom. The number of para-hydroxylation sites is 3. The molecule has 3 heterocycles. The first-order valence-electron chi connectivity index (χ1n) is 40.2. The van der Waals surface area contributed by atoms with Crippen LogP contribution < -0.4 is 14.5 Å². The number of aromatic nitrogens is 2. The van der Waals surface area contributed by atoms with E-state index < -0.39 is 0 Å². The topological polar surface area (TPSA) is 55.0 Å². The lowest BCUT2D eigenvalue weighted by Gasteiger charge is -2.26. The lowest BCUT2D eigenvalue weighted by molar-refractivity contribution is 0.198. The van der Waals surface area contributed by atoms with Crippen molar-refractivity contribution in [3.63, 3.8) is 0 Å². The summed E-state index contributed by atoms with van der Waals surface area (Å²) in [6.07, 6.45) is 6.32. The van der Waals surface area contributed by atoms with E-state index in [0.29, 0.717) is 13.4 Å². The van der Waals surface area contributed by atoms with Gasteiger partial charge in [-0.1, -0.05) is 310 Å². The third-order valence-corrected chi connectivity index (χ3v) is 22.3. The molecule has 0 spiro atoms. The zero-order valence-electron chi connectivity index (χ0n) is 65.8. The molecule has 2 aromatic heterocycles. The van der Waals surface area contributed by atoms with Gasteiger partial charge in [0.15, 0.2) is 0 Å². The Bertz CT molecular complexity index is 6520. The summed E-state index contributed by atoms with van der Waals surface area (Å²) < 4.78 is 15.8. The van der Waals surface area contributed by atoms with Gasteiger partial charge in [0.05, 0.1) is 22.1 Å². The van der Waals surface area contributed by atoms with Crippen LogP contribution in [0.2, 0.25) is 0 Å². The summed E-state index contributed by atoms with van der Waals surface area (Å²) in [6, 6.07) is 150. The maximum absolute atomic E-state index is 8.82. The molecule has 20 rings (SSSR count). The van der Waals surface area contributed by atoms with E-state index in [1.165, 1.54) is 129 Å². The van der Waals surface area contributed by atoms with Gasteiger partial charge in [0.1, 0.15) is 5.75 Å². The zero-order valence-corrected chi connectivity index (χ0v) is 67.4. The molecule has 19 aromatic rings. The van der Waals surface area contributed by atoms with Crippen LogP contribution in [0.15, 0.2) is 442 Å². The highest BCUT2D eigenvalue weighted by molar-refractivity contribution is 9.10. The van der Waals surface area contributed by atoms with E-state index in [4.69, 9.17) is 14.4 Å². The summed E-state index contributed by atoms with van der Waals surface area (Å²) in [4.78, 5) is 4.52. The number of benzene rings is 17. The molecule has 1 radical (unpaired) electrons. The summed E-state index contributed by atoms with van der Waals surface area (Å²) in [5.74, 6) is 0.582. The first kappa shape index (κ1) is 79.5. The van der Waals surface area contributed by atoms with Crippen molar-refractivity contribution in [1.82, 2.24) is 9.13 Å². The van der Waals surface area contributed by atoms with Crippen LogP contribution >= 0.6 is 15.9 Å². The standard InChI is InChI=1S/C56H40N2.C26H18BrN.C24H19BNO2.C4H8O.CH4/c1-2-40-18-20-45(21-19-40)47-28-36-55-53(38-47)54-39-48(29-37-56(54)58(55)49-16-10-5-11-17-49)46-26-34-52(35-27-46)57(50-30-22-43(23-31-50)41-12-6-3-7-13-41)51-32-24-44(25-33-51)42-14-8-4-9-15-42;1-2-18-8-10-19(11-9-18)20-12-14-25-23(16-20)24-17-21(27)13-15-26(24)28(25)22-6-4-3-5-7-22;27-25-28-24-17-15-23(16-18-24)26(21-9-5-2-6-10-21)22-13-11-20(12-14-22)19-7-3-1-4-8-19;1-2-4-5-3-1;/h2-39H,1H2;2-17H,1H2;1-18,27H;1-4H2;1H4. The molecule has 1 N–H and O–H groups in total. The van der Waals surface area contributed by atoms with Crippen LogP contribution in [0.25, 0.3) is 134 Å². The van der Waals surface area contributed by atoms with Crippen LogP contribution in [0.3, 0.4) is 0 Å². The van der Waals surface area contributed by atoms with Crippen molar-refractivity contribution in [3.8, 4) is 83.9 Å². The fourth-order valence-electron chi connectivity index (χ4n) is 15.7. The lowest BCUT2D eigenvalue weighted by Crippen LogP contribution is -2.09. The number of hydrogen-bond acceptors (Lipinski definition) is 5. The van der Waals surface area contributed by atoms with Gasteiger partial charge in [-0.25, -0.2) is 0 Å². The minimum atomic E-state index is 0. The molecule has 1 aliphatic heterocycles. The molecule has 7 nitrogen and oxygen atoms in total. The largest absolute Gasteiger partial charge is 0.569 e. The smallest absolute Gasteiger partial charge is 0.537 e. The first-order chi connectivity index (χ1) is 58.8. The highest BCUT2D eigenvalue weighted by atomic mass is 79.9. The Kier molecular flexibility index (Phi) is 25.0. The van der Waals surface area contributed by atoms with Crippen LogP contribution in [0.4, 0.5) is 34.1 Å². The molecule has 0 unspecified atom stereocenters. The van der Waals surface area contributed by atoms with Gasteiger partial charge in [0, 0.05) is 84.7 Å². The summed E-state index contributed by atoms with van der Waals surface area (Å²) in [5.41, 5.74) is 30.1. The Labute approximate surface area is 712 Å². The maximum Gasteiger partial charge on any atom is 0.569 e. The van der Waals surface area contributed by atoms with Gasteiger partial charge in [-0.2, -0.15) is 0 Å². The van der Waals surface area contributed by atoms with Crippen molar-refractivity contribution in [2.24, 2.45) is 0 Å². The molecular formula is C111H89BBrN4O3. The average Bonchev–Trinajstić information content (AvgIpc) is 1.59. The summed E-state index contributed by atoms with van der Waals surface area (Å²) >= 11 is 3.64.